The van der Waals surface area contributed by atoms with Gasteiger partial charge < -0.3 is 14.6 Å². The monoisotopic (exact) mass is 310 g/mol. The molecule has 0 radical (unpaired) electrons. The van der Waals surface area contributed by atoms with Crippen LogP contribution in [0, 0.1) is 11.3 Å². The largest absolute Gasteiger partial charge is 0.493 e. The second-order valence-corrected chi connectivity index (χ2v) is 4.80. The first-order valence-electron chi connectivity index (χ1n) is 5.20. The summed E-state index contributed by atoms with van der Waals surface area (Å²) in [5.41, 5.74) is 0.414. The Morgan fingerprint density at radius 3 is 2.80 bits per heavy atom. The molecule has 0 aliphatic rings. The number of nitrogens with zero attached hydrogens (tertiary/aromatic N) is 2. The molecule has 2 rings (SSSR count). The number of hydrogen-bond acceptors (Lipinski definition) is 6. The van der Waals surface area contributed by atoms with Gasteiger partial charge in [0.2, 0.25) is 0 Å². The summed E-state index contributed by atoms with van der Waals surface area (Å²) in [6.45, 7) is 0. The fourth-order valence-corrected chi connectivity index (χ4v) is 2.36. The van der Waals surface area contributed by atoms with Crippen LogP contribution in [0.5, 0.6) is 16.7 Å². The van der Waals surface area contributed by atoms with E-state index in [-0.39, 0.29) is 15.2 Å². The van der Waals surface area contributed by atoms with E-state index in [1.807, 2.05) is 6.07 Å². The number of nitriles is 1. The van der Waals surface area contributed by atoms with Gasteiger partial charge in [-0.25, -0.2) is 4.79 Å². The minimum atomic E-state index is -1.17. The van der Waals surface area contributed by atoms with Crippen LogP contribution in [-0.2, 0) is 0 Å². The third-order valence-electron chi connectivity index (χ3n) is 2.25. The van der Waals surface area contributed by atoms with E-state index in [1.54, 1.807) is 6.07 Å². The van der Waals surface area contributed by atoms with Crippen molar-refractivity contribution in [1.29, 1.82) is 5.26 Å². The number of carboxylic acid groups (broad SMARTS) is 1. The second kappa shape index (κ2) is 5.77. The zero-order valence-corrected chi connectivity index (χ0v) is 11.7. The van der Waals surface area contributed by atoms with Crippen molar-refractivity contribution in [2.75, 3.05) is 7.11 Å². The Kier molecular flexibility index (Phi) is 4.08. The zero-order chi connectivity index (χ0) is 14.7. The summed E-state index contributed by atoms with van der Waals surface area (Å²) in [5.74, 6) is -0.518. The second-order valence-electron chi connectivity index (χ2n) is 3.48. The van der Waals surface area contributed by atoms with Crippen LogP contribution in [-0.4, -0.2) is 23.2 Å². The van der Waals surface area contributed by atoms with Crippen molar-refractivity contribution < 1.29 is 19.4 Å². The van der Waals surface area contributed by atoms with Gasteiger partial charge in [-0.05, 0) is 12.1 Å². The van der Waals surface area contributed by atoms with Gasteiger partial charge >= 0.3 is 5.97 Å². The highest BCUT2D eigenvalue weighted by Crippen LogP contribution is 2.36. The van der Waals surface area contributed by atoms with Crippen LogP contribution in [0.2, 0.25) is 5.15 Å². The molecule has 20 heavy (non-hydrogen) atoms. The number of hydrogen-bond donors (Lipinski definition) is 1. The smallest absolute Gasteiger partial charge is 0.349 e. The van der Waals surface area contributed by atoms with Crippen molar-refractivity contribution in [2.45, 2.75) is 0 Å². The highest BCUT2D eigenvalue weighted by atomic mass is 35.5. The van der Waals surface area contributed by atoms with E-state index in [0.717, 1.165) is 11.3 Å². The zero-order valence-electron chi connectivity index (χ0n) is 10.1. The molecule has 0 unspecified atom stereocenters. The number of ether oxygens (including phenoxy) is 2. The Hall–Kier alpha value is -2.30. The molecule has 0 amide bonds. The third-order valence-corrected chi connectivity index (χ3v) is 3.56. The molecule has 0 aliphatic heterocycles. The van der Waals surface area contributed by atoms with Gasteiger partial charge in [0.05, 0.1) is 18.7 Å². The Balaban J connectivity index is 2.33. The number of thiazole rings is 1. The maximum absolute atomic E-state index is 10.9. The molecule has 0 aliphatic carbocycles. The van der Waals surface area contributed by atoms with E-state index in [1.165, 1.54) is 19.2 Å². The summed E-state index contributed by atoms with van der Waals surface area (Å²) < 4.78 is 10.5. The fraction of sp³-hybridized carbons (Fsp3) is 0.0833. The van der Waals surface area contributed by atoms with E-state index in [4.69, 9.17) is 31.4 Å². The Bertz CT molecular complexity index is 708. The lowest BCUT2D eigenvalue weighted by atomic mass is 10.2. The number of carboxylic acids is 1. The predicted molar refractivity (Wildman–Crippen MR) is 71.9 cm³/mol. The van der Waals surface area contributed by atoms with Crippen molar-refractivity contribution in [3.63, 3.8) is 0 Å². The van der Waals surface area contributed by atoms with Gasteiger partial charge in [0, 0.05) is 6.07 Å². The fourth-order valence-electron chi connectivity index (χ4n) is 1.37. The topological polar surface area (TPSA) is 92.4 Å². The SMILES string of the molecule is COc1cc(C#N)ccc1Oc1nc(Cl)c(C(=O)O)s1. The van der Waals surface area contributed by atoms with Crippen LogP contribution in [0.3, 0.4) is 0 Å². The summed E-state index contributed by atoms with van der Waals surface area (Å²) >= 11 is 6.50. The molecule has 0 fully saturated rings. The number of methoxy groups -OCH3 is 1. The van der Waals surface area contributed by atoms with Crippen molar-refractivity contribution in [2.24, 2.45) is 0 Å². The number of aromatic nitrogens is 1. The molecule has 0 atom stereocenters. The first kappa shape index (κ1) is 14.1. The molecule has 2 aromatic rings. The number of aromatic carboxylic acids is 1. The van der Waals surface area contributed by atoms with Crippen LogP contribution in [0.4, 0.5) is 0 Å². The lowest BCUT2D eigenvalue weighted by Crippen LogP contribution is -1.91. The van der Waals surface area contributed by atoms with Crippen LogP contribution < -0.4 is 9.47 Å². The van der Waals surface area contributed by atoms with Crippen molar-refractivity contribution >= 4 is 28.9 Å². The molecule has 0 bridgehead atoms. The van der Waals surface area contributed by atoms with E-state index >= 15 is 0 Å². The number of carbonyl (C=O) groups is 1. The highest BCUT2D eigenvalue weighted by Gasteiger charge is 2.18. The molecule has 0 saturated heterocycles. The Morgan fingerprint density at radius 2 is 2.25 bits per heavy atom. The standard InChI is InChI=1S/C12H7ClN2O4S/c1-18-8-4-6(5-14)2-3-7(8)19-12-15-10(13)9(20-12)11(16)17/h2-4H,1H3,(H,16,17). The summed E-state index contributed by atoms with van der Waals surface area (Å²) in [4.78, 5) is 14.6. The molecule has 102 valence electrons. The third kappa shape index (κ3) is 2.82. The van der Waals surface area contributed by atoms with Gasteiger partial charge in [-0.3, -0.25) is 0 Å². The van der Waals surface area contributed by atoms with Crippen molar-refractivity contribution in [1.82, 2.24) is 4.98 Å². The maximum Gasteiger partial charge on any atom is 0.349 e. The van der Waals surface area contributed by atoms with Gasteiger partial charge in [0.1, 0.15) is 0 Å². The van der Waals surface area contributed by atoms with E-state index in [9.17, 15) is 4.79 Å². The summed E-state index contributed by atoms with van der Waals surface area (Å²) in [6, 6.07) is 6.56. The average molecular weight is 311 g/mol. The van der Waals surface area contributed by atoms with Gasteiger partial charge in [-0.15, -0.1) is 0 Å². The Morgan fingerprint density at radius 1 is 1.50 bits per heavy atom. The molecule has 8 heteroatoms. The summed E-state index contributed by atoms with van der Waals surface area (Å²) in [5, 5.41) is 17.6. The summed E-state index contributed by atoms with van der Waals surface area (Å²) in [6.07, 6.45) is 0. The molecule has 6 nitrogen and oxygen atoms in total. The quantitative estimate of drug-likeness (QED) is 0.932. The molecule has 0 saturated carbocycles. The molecule has 1 aromatic carbocycles. The van der Waals surface area contributed by atoms with E-state index in [0.29, 0.717) is 17.1 Å². The summed E-state index contributed by atoms with van der Waals surface area (Å²) in [7, 11) is 1.43. The first-order chi connectivity index (χ1) is 9.55. The van der Waals surface area contributed by atoms with Gasteiger partial charge in [0.25, 0.3) is 5.19 Å². The predicted octanol–water partition coefficient (Wildman–Crippen LogP) is 3.17. The van der Waals surface area contributed by atoms with E-state index in [2.05, 4.69) is 4.98 Å². The van der Waals surface area contributed by atoms with Crippen molar-refractivity contribution in [3.8, 4) is 22.8 Å². The molecular weight excluding hydrogens is 304 g/mol. The molecule has 1 aromatic heterocycles. The molecule has 1 N–H and O–H groups in total. The lowest BCUT2D eigenvalue weighted by Gasteiger charge is -2.07. The highest BCUT2D eigenvalue weighted by molar-refractivity contribution is 7.15. The number of halogens is 1. The first-order valence-corrected chi connectivity index (χ1v) is 6.40. The minimum Gasteiger partial charge on any atom is -0.493 e. The molecular formula is C12H7ClN2O4S. The normalized spacial score (nSPS) is 9.85. The molecule has 0 spiro atoms. The van der Waals surface area contributed by atoms with Gasteiger partial charge in [0.15, 0.2) is 21.5 Å². The van der Waals surface area contributed by atoms with Crippen molar-refractivity contribution in [3.05, 3.63) is 33.8 Å². The lowest BCUT2D eigenvalue weighted by molar-refractivity contribution is 0.0702. The average Bonchev–Trinajstić information content (AvgIpc) is 2.80. The van der Waals surface area contributed by atoms with E-state index < -0.39 is 5.97 Å². The van der Waals surface area contributed by atoms with Gasteiger partial charge in [-0.2, -0.15) is 10.2 Å². The minimum absolute atomic E-state index is 0.0791. The number of benzene rings is 1. The molecule has 1 heterocycles. The maximum atomic E-state index is 10.9. The van der Waals surface area contributed by atoms with Crippen LogP contribution in [0.15, 0.2) is 18.2 Å². The number of rotatable bonds is 4. The van der Waals surface area contributed by atoms with Gasteiger partial charge in [-0.1, -0.05) is 22.9 Å². The van der Waals surface area contributed by atoms with Crippen LogP contribution in [0.1, 0.15) is 15.2 Å². The van der Waals surface area contributed by atoms with Crippen LogP contribution in [0.25, 0.3) is 0 Å². The van der Waals surface area contributed by atoms with Crippen LogP contribution >= 0.6 is 22.9 Å². The Labute approximate surface area is 122 Å².